The van der Waals surface area contributed by atoms with E-state index < -0.39 is 92.1 Å². The van der Waals surface area contributed by atoms with Gasteiger partial charge in [-0.1, -0.05) is 20.8 Å². The van der Waals surface area contributed by atoms with Crippen LogP contribution in [0.2, 0.25) is 0 Å². The Labute approximate surface area is 197 Å². The first-order valence-electron chi connectivity index (χ1n) is 11.8. The molecular formula is C21H38O13. The highest BCUT2D eigenvalue weighted by molar-refractivity contribution is 4.95. The molecule has 0 spiro atoms. The number of hydrogen-bond acceptors (Lipinski definition) is 13. The van der Waals surface area contributed by atoms with Crippen LogP contribution < -0.4 is 0 Å². The molecule has 0 bridgehead atoms. The molecule has 0 aliphatic carbocycles. The second-order valence-corrected chi connectivity index (χ2v) is 9.01. The SMILES string of the molecule is CC[C@H]1O[C@@H](O[C@H]2[C@H](O)[C@@H](O)[C@H](O[C@H]3[C@H](O)[C@@H](O)C(O)O[C@@H]3CC)O[C@@H]2CC)[C@H](O)[C@@H](O)[C@@H]1O. The lowest BCUT2D eigenvalue weighted by Crippen LogP contribution is -2.65. The van der Waals surface area contributed by atoms with E-state index in [1.807, 2.05) is 0 Å². The molecule has 3 fully saturated rings. The molecule has 200 valence electrons. The summed E-state index contributed by atoms with van der Waals surface area (Å²) in [5.41, 5.74) is 0. The summed E-state index contributed by atoms with van der Waals surface area (Å²) in [5, 5.41) is 82.0. The van der Waals surface area contributed by atoms with E-state index in [2.05, 4.69) is 0 Å². The Kier molecular flexibility index (Phi) is 9.64. The van der Waals surface area contributed by atoms with Gasteiger partial charge in [0.25, 0.3) is 0 Å². The highest BCUT2D eigenvalue weighted by atomic mass is 16.7. The number of aliphatic hydroxyl groups is 8. The van der Waals surface area contributed by atoms with E-state index in [4.69, 9.17) is 23.7 Å². The largest absolute Gasteiger partial charge is 0.388 e. The fourth-order valence-corrected chi connectivity index (χ4v) is 4.61. The maximum atomic E-state index is 10.8. The molecule has 13 heteroatoms. The van der Waals surface area contributed by atoms with Crippen LogP contribution in [0.15, 0.2) is 0 Å². The standard InChI is InChI=1S/C21H38O13/c1-4-7-10(22)11(23)15(27)20(31-7)34-18-9(6-3)32-21(16(28)13(18)25)33-17-8(5-2)30-19(29)14(26)12(17)24/h7-29H,4-6H2,1-3H3/t7-,8-,9-,10-,11+,12-,13-,14-,15-,16-,17-,18-,19?,20+,21+/m1/s1. The van der Waals surface area contributed by atoms with Crippen LogP contribution in [0.3, 0.4) is 0 Å². The minimum absolute atomic E-state index is 0.280. The zero-order valence-corrected chi connectivity index (χ0v) is 19.4. The van der Waals surface area contributed by atoms with Crippen LogP contribution in [0.4, 0.5) is 0 Å². The molecular weight excluding hydrogens is 460 g/mol. The fraction of sp³-hybridized carbons (Fsp3) is 1.00. The number of hydrogen-bond donors (Lipinski definition) is 8. The molecule has 0 aromatic carbocycles. The Balaban J connectivity index is 1.72. The Morgan fingerprint density at radius 1 is 0.471 bits per heavy atom. The predicted molar refractivity (Wildman–Crippen MR) is 111 cm³/mol. The second kappa shape index (κ2) is 11.7. The van der Waals surface area contributed by atoms with Crippen LogP contribution in [0, 0.1) is 0 Å². The van der Waals surface area contributed by atoms with Crippen LogP contribution >= 0.6 is 0 Å². The Morgan fingerprint density at radius 3 is 1.38 bits per heavy atom. The van der Waals surface area contributed by atoms with Crippen LogP contribution in [-0.4, -0.2) is 133 Å². The van der Waals surface area contributed by atoms with Gasteiger partial charge in [0.15, 0.2) is 18.9 Å². The normalized spacial score (nSPS) is 52.5. The molecule has 0 amide bonds. The molecule has 3 rings (SSSR count). The molecule has 0 radical (unpaired) electrons. The van der Waals surface area contributed by atoms with E-state index in [1.54, 1.807) is 20.8 Å². The topological polar surface area (TPSA) is 208 Å². The molecule has 1 unspecified atom stereocenters. The van der Waals surface area contributed by atoms with Crippen molar-refractivity contribution in [2.24, 2.45) is 0 Å². The van der Waals surface area contributed by atoms with Crippen LogP contribution in [0.1, 0.15) is 40.0 Å². The van der Waals surface area contributed by atoms with Gasteiger partial charge in [0, 0.05) is 0 Å². The monoisotopic (exact) mass is 498 g/mol. The first-order valence-corrected chi connectivity index (χ1v) is 11.8. The van der Waals surface area contributed by atoms with Crippen LogP contribution in [-0.2, 0) is 23.7 Å². The lowest BCUT2D eigenvalue weighted by molar-refractivity contribution is -0.374. The highest BCUT2D eigenvalue weighted by Crippen LogP contribution is 2.33. The van der Waals surface area contributed by atoms with Crippen molar-refractivity contribution in [1.82, 2.24) is 0 Å². The molecule has 0 aromatic rings. The van der Waals surface area contributed by atoms with Crippen LogP contribution in [0.25, 0.3) is 0 Å². The van der Waals surface area contributed by atoms with Gasteiger partial charge < -0.3 is 64.5 Å². The summed E-state index contributed by atoms with van der Waals surface area (Å²) in [6.45, 7) is 5.16. The van der Waals surface area contributed by atoms with Crippen molar-refractivity contribution in [3.05, 3.63) is 0 Å². The molecule has 13 nitrogen and oxygen atoms in total. The second-order valence-electron chi connectivity index (χ2n) is 9.01. The van der Waals surface area contributed by atoms with E-state index >= 15 is 0 Å². The van der Waals surface area contributed by atoms with Crippen molar-refractivity contribution in [2.45, 2.75) is 132 Å². The lowest BCUT2D eigenvalue weighted by atomic mass is 9.94. The van der Waals surface area contributed by atoms with Crippen molar-refractivity contribution in [1.29, 1.82) is 0 Å². The van der Waals surface area contributed by atoms with Crippen molar-refractivity contribution in [2.75, 3.05) is 0 Å². The maximum absolute atomic E-state index is 10.8. The quantitative estimate of drug-likeness (QED) is 0.173. The Hall–Kier alpha value is -0.520. The number of aliphatic hydroxyl groups excluding tert-OH is 8. The first kappa shape index (κ1) is 28.1. The maximum Gasteiger partial charge on any atom is 0.187 e. The van der Waals surface area contributed by atoms with Gasteiger partial charge in [-0.05, 0) is 19.3 Å². The molecule has 0 saturated carbocycles. The summed E-state index contributed by atoms with van der Waals surface area (Å²) in [4.78, 5) is 0. The van der Waals surface area contributed by atoms with Crippen LogP contribution in [0.5, 0.6) is 0 Å². The fourth-order valence-electron chi connectivity index (χ4n) is 4.61. The first-order chi connectivity index (χ1) is 16.0. The zero-order chi connectivity index (χ0) is 25.3. The van der Waals surface area contributed by atoms with Crippen molar-refractivity contribution >= 4 is 0 Å². The molecule has 8 N–H and O–H groups in total. The van der Waals surface area contributed by atoms with Crippen molar-refractivity contribution in [3.8, 4) is 0 Å². The summed E-state index contributed by atoms with van der Waals surface area (Å²) in [6.07, 6.45) is -19.3. The smallest absolute Gasteiger partial charge is 0.187 e. The predicted octanol–water partition coefficient (Wildman–Crippen LogP) is -3.32. The van der Waals surface area contributed by atoms with Gasteiger partial charge in [0.2, 0.25) is 0 Å². The number of ether oxygens (including phenoxy) is 5. The van der Waals surface area contributed by atoms with Gasteiger partial charge in [0.1, 0.15) is 54.9 Å². The third-order valence-electron chi connectivity index (χ3n) is 6.76. The summed E-state index contributed by atoms with van der Waals surface area (Å²) >= 11 is 0. The van der Waals surface area contributed by atoms with E-state index in [0.717, 1.165) is 0 Å². The van der Waals surface area contributed by atoms with Crippen molar-refractivity contribution in [3.63, 3.8) is 0 Å². The van der Waals surface area contributed by atoms with Gasteiger partial charge in [-0.3, -0.25) is 0 Å². The van der Waals surface area contributed by atoms with Crippen molar-refractivity contribution < 1.29 is 64.5 Å². The molecule has 15 atom stereocenters. The van der Waals surface area contributed by atoms with Gasteiger partial charge in [-0.2, -0.15) is 0 Å². The molecule has 3 aliphatic rings. The third-order valence-corrected chi connectivity index (χ3v) is 6.76. The molecule has 0 aromatic heterocycles. The Morgan fingerprint density at radius 2 is 0.882 bits per heavy atom. The minimum Gasteiger partial charge on any atom is -0.388 e. The third kappa shape index (κ3) is 5.42. The summed E-state index contributed by atoms with van der Waals surface area (Å²) in [5.74, 6) is 0. The van der Waals surface area contributed by atoms with E-state index in [9.17, 15) is 40.9 Å². The summed E-state index contributed by atoms with van der Waals surface area (Å²) < 4.78 is 28.1. The average molecular weight is 499 g/mol. The average Bonchev–Trinajstić information content (AvgIpc) is 2.83. The summed E-state index contributed by atoms with van der Waals surface area (Å²) in [7, 11) is 0. The summed E-state index contributed by atoms with van der Waals surface area (Å²) in [6, 6.07) is 0. The van der Waals surface area contributed by atoms with E-state index in [0.29, 0.717) is 12.8 Å². The van der Waals surface area contributed by atoms with E-state index in [-0.39, 0.29) is 6.42 Å². The van der Waals surface area contributed by atoms with Gasteiger partial charge in [-0.15, -0.1) is 0 Å². The highest BCUT2D eigenvalue weighted by Gasteiger charge is 2.52. The van der Waals surface area contributed by atoms with Gasteiger partial charge >= 0.3 is 0 Å². The van der Waals surface area contributed by atoms with Gasteiger partial charge in [-0.25, -0.2) is 0 Å². The number of rotatable bonds is 7. The van der Waals surface area contributed by atoms with Gasteiger partial charge in [0.05, 0.1) is 18.3 Å². The minimum atomic E-state index is -1.67. The molecule has 3 saturated heterocycles. The Bertz CT molecular complexity index is 634. The zero-order valence-electron chi connectivity index (χ0n) is 19.4. The van der Waals surface area contributed by atoms with E-state index in [1.165, 1.54) is 0 Å². The molecule has 34 heavy (non-hydrogen) atoms. The lowest BCUT2D eigenvalue weighted by Gasteiger charge is -2.48. The molecule has 3 heterocycles. The molecule has 3 aliphatic heterocycles.